The quantitative estimate of drug-likeness (QED) is 0.0733. The van der Waals surface area contributed by atoms with Crippen molar-refractivity contribution in [1.29, 1.82) is 5.41 Å². The number of thiocarbonyl (C=S) groups is 1. The number of carbonyl (C=O) groups excluding carboxylic acids is 8. The minimum Gasteiger partial charge on any atom is -0.471 e. The Balaban J connectivity index is -0.0000000106. The first-order valence-corrected chi connectivity index (χ1v) is 15.9. The number of amides is 2. The second-order valence-corrected chi connectivity index (χ2v) is 6.17. The molecule has 16 heteroatoms. The highest BCUT2D eigenvalue weighted by Gasteiger charge is 1.77. The van der Waals surface area contributed by atoms with E-state index in [4.69, 9.17) is 15.0 Å². The molecule has 0 saturated heterocycles. The lowest BCUT2D eigenvalue weighted by atomic mass is 10.6. The number of aldehydes is 1. The average Bonchev–Trinajstić information content (AvgIpc) is 3.10. The number of hydrogen-bond donors (Lipinski definition) is 3. The molecule has 0 aliphatic rings. The fourth-order valence-corrected chi connectivity index (χ4v) is 0. The molecule has 0 aliphatic heterocycles. The molecule has 388 valence electrons. The Bertz CT molecular complexity index is 556. The van der Waals surface area contributed by atoms with Gasteiger partial charge in [0.2, 0.25) is 11.8 Å². The van der Waals surface area contributed by atoms with Crippen LogP contribution in [0, 0.1) is 5.41 Å². The first-order valence-electron chi connectivity index (χ1n) is 15.4. The summed E-state index contributed by atoms with van der Waals surface area (Å²) in [7, 11) is 8.56. The van der Waals surface area contributed by atoms with Crippen LogP contribution in [0.1, 0.15) is 199 Å². The lowest BCUT2D eigenvalue weighted by molar-refractivity contribution is -0.138. The lowest BCUT2D eigenvalue weighted by Crippen LogP contribution is -2.11. The number of ether oxygens (including phenoxy) is 4. The molecule has 0 aromatic heterocycles. The summed E-state index contributed by atoms with van der Waals surface area (Å²) in [6.45, 7) is 31.4. The predicted octanol–water partition coefficient (Wildman–Crippen LogP) is 12.8. The van der Waals surface area contributed by atoms with E-state index in [1.54, 1.807) is 26.4 Å². The molecule has 0 rings (SSSR count). The molecule has 0 aliphatic carbocycles. The molecular weight excluding hydrogens is 795 g/mol. The van der Waals surface area contributed by atoms with Crippen LogP contribution in [-0.4, -0.2) is 102 Å². The van der Waals surface area contributed by atoms with Crippen LogP contribution in [-0.2, 0) is 57.3 Å². The van der Waals surface area contributed by atoms with Gasteiger partial charge in [-0.2, -0.15) is 0 Å². The van der Waals surface area contributed by atoms with Gasteiger partial charge in [-0.05, 0) is 46.2 Å². The normalized spacial score (nSPS) is 4.67. The summed E-state index contributed by atoms with van der Waals surface area (Å²) in [6, 6.07) is 0. The van der Waals surface area contributed by atoms with Gasteiger partial charge in [-0.1, -0.05) is 142 Å². The third-order valence-electron chi connectivity index (χ3n) is 1.66. The molecule has 2 amide bonds. The SMILES string of the molecule is C.C.C.C.C.C.C.C.C.C.CC.CC.CC.CC.CC(C)=O.CC=N.CC=O.CC=S.CNC(C)=O.CNC(C)=O.COC(C)=O.COC(C)=O.COC(C)=O.COC=O. The standard InChI is InChI=1S/2C3H7NO.3C3H6O2.C3H6O.C2H5N.C2H4O2.C2H4O.C2H4S.4C2H6.10CH4/c2*1-3(5)4-2;3*1-3(4)5-2;1-3(2)4;1-2-3;1-4-2-3;2*1-2-3;4*1-2;;;;;;;;;;/h2*1-2H3,(H,4,5);3*1-2H3;1-2H3;2-3H,1H3;2H,1H3;2*2H,1H3;4*1-2H3;10*1H4. The van der Waals surface area contributed by atoms with Crippen LogP contribution in [0.25, 0.3) is 0 Å². The van der Waals surface area contributed by atoms with Crippen molar-refractivity contribution in [3.8, 4) is 0 Å². The molecule has 0 atom stereocenters. The summed E-state index contributed by atoms with van der Waals surface area (Å²) in [5.41, 5.74) is 0. The van der Waals surface area contributed by atoms with Gasteiger partial charge < -0.3 is 44.6 Å². The summed E-state index contributed by atoms with van der Waals surface area (Å²) < 4.78 is 16.2. The number of esters is 3. The minimum absolute atomic E-state index is 0. The number of Topliss-reactive ketones (excluding diaryl/α,β-unsaturated/α-hetero) is 1. The van der Waals surface area contributed by atoms with Crippen molar-refractivity contribution in [3.63, 3.8) is 0 Å². The lowest BCUT2D eigenvalue weighted by Gasteiger charge is -1.80. The molecule has 0 unspecified atom stereocenters. The molecule has 15 nitrogen and oxygen atoms in total. The molecule has 3 N–H and O–H groups in total. The number of nitrogens with one attached hydrogen (secondary N) is 3. The summed E-state index contributed by atoms with van der Waals surface area (Å²) in [5, 5.41) is 12.4. The molecule has 60 heavy (non-hydrogen) atoms. The van der Waals surface area contributed by atoms with E-state index in [9.17, 15) is 28.8 Å². The van der Waals surface area contributed by atoms with Crippen LogP contribution in [0.5, 0.6) is 0 Å². The Morgan fingerprint density at radius 2 is 0.517 bits per heavy atom. The maximum atomic E-state index is 9.70. The molecule has 0 fully saturated rings. The minimum atomic E-state index is -0.245. The molecule has 0 heterocycles. The Labute approximate surface area is 385 Å². The number of carbonyl (C=O) groups is 8. The summed E-state index contributed by atoms with van der Waals surface area (Å²) in [6.07, 6.45) is 2.00. The monoisotopic (exact) mass is 914 g/mol. The largest absolute Gasteiger partial charge is 0.471 e. The van der Waals surface area contributed by atoms with Crippen molar-refractivity contribution in [3.05, 3.63) is 0 Å². The van der Waals surface area contributed by atoms with Crippen molar-refractivity contribution in [1.82, 2.24) is 10.6 Å². The first-order chi connectivity index (χ1) is 23.2. The van der Waals surface area contributed by atoms with Crippen LogP contribution >= 0.6 is 12.2 Å². The zero-order valence-electron chi connectivity index (χ0n) is 36.1. The van der Waals surface area contributed by atoms with Gasteiger partial charge in [-0.15, -0.1) is 0 Å². The van der Waals surface area contributed by atoms with Crippen molar-refractivity contribution >= 4 is 72.1 Å². The molecule has 0 aromatic rings. The highest BCUT2D eigenvalue weighted by Crippen LogP contribution is 1.61. The molecule has 0 bridgehead atoms. The molecule has 0 spiro atoms. The Hall–Kier alpha value is -4.08. The van der Waals surface area contributed by atoms with Gasteiger partial charge in [0, 0.05) is 48.7 Å². The fourth-order valence-electron chi connectivity index (χ4n) is 0. The highest BCUT2D eigenvalue weighted by atomic mass is 32.1. The van der Waals surface area contributed by atoms with E-state index < -0.39 is 0 Å². The number of rotatable bonds is 1. The first kappa shape index (κ1) is 166. The van der Waals surface area contributed by atoms with E-state index in [0.29, 0.717) is 6.47 Å². The number of ketones is 1. The highest BCUT2D eigenvalue weighted by molar-refractivity contribution is 7.78. The third-order valence-corrected chi connectivity index (χ3v) is 1.66. The van der Waals surface area contributed by atoms with E-state index in [1.807, 2.05) is 62.3 Å². The van der Waals surface area contributed by atoms with Gasteiger partial charge in [0.25, 0.3) is 6.47 Å². The molecular formula is C44H119N3O12S. The van der Waals surface area contributed by atoms with Crippen molar-refractivity contribution in [2.75, 3.05) is 42.5 Å². The maximum Gasteiger partial charge on any atom is 0.302 e. The van der Waals surface area contributed by atoms with E-state index in [2.05, 4.69) is 41.8 Å². The zero-order chi connectivity index (χ0) is 44.5. The van der Waals surface area contributed by atoms with Crippen LogP contribution < -0.4 is 10.6 Å². The van der Waals surface area contributed by atoms with Gasteiger partial charge in [-0.25, -0.2) is 0 Å². The van der Waals surface area contributed by atoms with Gasteiger partial charge in [0.15, 0.2) is 0 Å². The zero-order valence-corrected chi connectivity index (χ0v) is 36.9. The van der Waals surface area contributed by atoms with Crippen LogP contribution in [0.4, 0.5) is 0 Å². The topological polar surface area (TPSA) is 221 Å². The number of hydrogen-bond acceptors (Lipinski definition) is 14. The van der Waals surface area contributed by atoms with Gasteiger partial charge in [0.05, 0.1) is 28.4 Å². The summed E-state index contributed by atoms with van der Waals surface area (Å²) in [5.74, 6) is -0.560. The summed E-state index contributed by atoms with van der Waals surface area (Å²) >= 11 is 4.27. The smallest absolute Gasteiger partial charge is 0.302 e. The third kappa shape index (κ3) is 3150. The van der Waals surface area contributed by atoms with E-state index in [0.717, 1.165) is 6.29 Å². The van der Waals surface area contributed by atoms with Gasteiger partial charge in [0.1, 0.15) is 12.1 Å². The second-order valence-electron chi connectivity index (χ2n) is 5.70. The van der Waals surface area contributed by atoms with Gasteiger partial charge >= 0.3 is 17.9 Å². The fraction of sp³-hybridized carbons (Fsp3) is 0.773. The van der Waals surface area contributed by atoms with E-state index >= 15 is 0 Å². The average molecular weight is 915 g/mol. The van der Waals surface area contributed by atoms with Crippen molar-refractivity contribution in [2.45, 2.75) is 199 Å². The van der Waals surface area contributed by atoms with E-state index in [-0.39, 0.29) is 110 Å². The Morgan fingerprint density at radius 3 is 0.517 bits per heavy atom. The van der Waals surface area contributed by atoms with Gasteiger partial charge in [-0.3, -0.25) is 28.8 Å². The predicted molar refractivity (Wildman–Crippen MR) is 280 cm³/mol. The Morgan fingerprint density at radius 1 is 0.467 bits per heavy atom. The van der Waals surface area contributed by atoms with Crippen LogP contribution in [0.15, 0.2) is 0 Å². The number of methoxy groups -OCH3 is 4. The van der Waals surface area contributed by atoms with Crippen molar-refractivity contribution < 1.29 is 57.3 Å². The van der Waals surface area contributed by atoms with Crippen molar-refractivity contribution in [2.24, 2.45) is 0 Å². The van der Waals surface area contributed by atoms with Crippen LogP contribution in [0.3, 0.4) is 0 Å². The maximum absolute atomic E-state index is 9.70. The van der Waals surface area contributed by atoms with Crippen LogP contribution in [0.2, 0.25) is 0 Å². The molecule has 0 radical (unpaired) electrons. The molecule has 0 aromatic carbocycles. The Kier molecular flexibility index (Phi) is 770. The van der Waals surface area contributed by atoms with E-state index in [1.165, 1.54) is 90.0 Å². The molecule has 0 saturated carbocycles. The summed E-state index contributed by atoms with van der Waals surface area (Å²) in [4.78, 5) is 75.4. The second kappa shape index (κ2) is 279.